The second-order valence-corrected chi connectivity index (χ2v) is 6.00. The van der Waals surface area contributed by atoms with E-state index in [1.807, 2.05) is 11.3 Å². The summed E-state index contributed by atoms with van der Waals surface area (Å²) in [6, 6.07) is 6.18. The van der Waals surface area contributed by atoms with Crippen LogP contribution in [-0.2, 0) is 6.54 Å². The molecule has 0 radical (unpaired) electrons. The molecule has 1 saturated heterocycles. The maximum Gasteiger partial charge on any atom is 0.0333 e. The zero-order valence-corrected chi connectivity index (χ0v) is 10.5. The van der Waals surface area contributed by atoms with Crippen molar-refractivity contribution in [1.82, 2.24) is 10.2 Å². The van der Waals surface area contributed by atoms with Gasteiger partial charge in [-0.1, -0.05) is 6.07 Å². The Morgan fingerprint density at radius 1 is 1.19 bits per heavy atom. The highest BCUT2D eigenvalue weighted by Crippen LogP contribution is 2.33. The Morgan fingerprint density at radius 3 is 2.56 bits per heavy atom. The molecule has 1 aromatic rings. The molecule has 2 aliphatic rings. The van der Waals surface area contributed by atoms with Gasteiger partial charge < -0.3 is 5.32 Å². The first-order chi connectivity index (χ1) is 7.93. The molecule has 1 aromatic heterocycles. The van der Waals surface area contributed by atoms with Crippen LogP contribution in [0.2, 0.25) is 0 Å². The van der Waals surface area contributed by atoms with E-state index in [0.29, 0.717) is 0 Å². The quantitative estimate of drug-likeness (QED) is 0.864. The van der Waals surface area contributed by atoms with E-state index in [2.05, 4.69) is 27.7 Å². The van der Waals surface area contributed by atoms with E-state index in [1.54, 1.807) is 0 Å². The van der Waals surface area contributed by atoms with Crippen molar-refractivity contribution in [2.45, 2.75) is 44.3 Å². The van der Waals surface area contributed by atoms with Crippen molar-refractivity contribution in [3.05, 3.63) is 22.4 Å². The van der Waals surface area contributed by atoms with E-state index >= 15 is 0 Å². The Balaban J connectivity index is 1.65. The van der Waals surface area contributed by atoms with Crippen molar-refractivity contribution < 1.29 is 0 Å². The van der Waals surface area contributed by atoms with Crippen LogP contribution in [0.3, 0.4) is 0 Å². The van der Waals surface area contributed by atoms with Crippen molar-refractivity contribution in [2.75, 3.05) is 13.1 Å². The fraction of sp³-hybridized carbons (Fsp3) is 0.692. The molecule has 3 heteroatoms. The third kappa shape index (κ3) is 2.47. The highest BCUT2D eigenvalue weighted by Gasteiger charge is 2.34. The van der Waals surface area contributed by atoms with E-state index < -0.39 is 0 Å². The summed E-state index contributed by atoms with van der Waals surface area (Å²) in [5.41, 5.74) is 0. The summed E-state index contributed by atoms with van der Waals surface area (Å²) in [4.78, 5) is 4.30. The molecule has 2 heterocycles. The SMILES string of the molecule is c1csc(CN(C2CCNCC2)C2CC2)c1. The molecule has 16 heavy (non-hydrogen) atoms. The summed E-state index contributed by atoms with van der Waals surface area (Å²) in [6.07, 6.45) is 5.52. The van der Waals surface area contributed by atoms with Crippen LogP contribution < -0.4 is 5.32 Å². The molecule has 1 N–H and O–H groups in total. The smallest absolute Gasteiger partial charge is 0.0333 e. The first-order valence-corrected chi connectivity index (χ1v) is 7.30. The molecule has 88 valence electrons. The highest BCUT2D eigenvalue weighted by atomic mass is 32.1. The number of thiophene rings is 1. The van der Waals surface area contributed by atoms with Gasteiger partial charge in [-0.2, -0.15) is 0 Å². The van der Waals surface area contributed by atoms with Gasteiger partial charge in [0.2, 0.25) is 0 Å². The second kappa shape index (κ2) is 4.86. The van der Waals surface area contributed by atoms with Gasteiger partial charge in [0.15, 0.2) is 0 Å². The molecule has 0 aromatic carbocycles. The number of rotatable bonds is 4. The Labute approximate surface area is 102 Å². The topological polar surface area (TPSA) is 15.3 Å². The average molecular weight is 236 g/mol. The average Bonchev–Trinajstić information content (AvgIpc) is 3.05. The van der Waals surface area contributed by atoms with E-state index in [1.165, 1.54) is 50.2 Å². The summed E-state index contributed by atoms with van der Waals surface area (Å²) in [6.45, 7) is 3.60. The Hall–Kier alpha value is -0.380. The lowest BCUT2D eigenvalue weighted by atomic mass is 10.0. The van der Waals surface area contributed by atoms with Gasteiger partial charge in [0.1, 0.15) is 0 Å². The molecular weight excluding hydrogens is 216 g/mol. The zero-order chi connectivity index (χ0) is 10.8. The van der Waals surface area contributed by atoms with Crippen LogP contribution in [0.25, 0.3) is 0 Å². The minimum absolute atomic E-state index is 0.829. The maximum atomic E-state index is 3.46. The standard InChI is InChI=1S/C13H20N2S/c1-2-13(16-9-1)10-15(11-3-4-11)12-5-7-14-8-6-12/h1-2,9,11-12,14H,3-8,10H2. The molecule has 3 rings (SSSR count). The van der Waals surface area contributed by atoms with Crippen LogP contribution in [0.5, 0.6) is 0 Å². The number of piperidine rings is 1. The van der Waals surface area contributed by atoms with Crippen LogP contribution in [-0.4, -0.2) is 30.1 Å². The zero-order valence-electron chi connectivity index (χ0n) is 9.69. The lowest BCUT2D eigenvalue weighted by molar-refractivity contribution is 0.146. The van der Waals surface area contributed by atoms with E-state index in [4.69, 9.17) is 0 Å². The summed E-state index contributed by atoms with van der Waals surface area (Å²) in [5.74, 6) is 0. The van der Waals surface area contributed by atoms with Gasteiger partial charge in [-0.05, 0) is 50.2 Å². The molecule has 0 bridgehead atoms. The fourth-order valence-corrected chi connectivity index (χ4v) is 3.40. The van der Waals surface area contributed by atoms with Crippen LogP contribution in [0, 0.1) is 0 Å². The van der Waals surface area contributed by atoms with Gasteiger partial charge in [-0.3, -0.25) is 4.90 Å². The molecule has 0 amide bonds. The summed E-state index contributed by atoms with van der Waals surface area (Å²) >= 11 is 1.90. The minimum atomic E-state index is 0.829. The van der Waals surface area contributed by atoms with Crippen molar-refractivity contribution >= 4 is 11.3 Å². The highest BCUT2D eigenvalue weighted by molar-refractivity contribution is 7.09. The third-order valence-electron chi connectivity index (χ3n) is 3.71. The number of nitrogens with one attached hydrogen (secondary N) is 1. The van der Waals surface area contributed by atoms with Crippen LogP contribution in [0.15, 0.2) is 17.5 Å². The predicted molar refractivity (Wildman–Crippen MR) is 68.8 cm³/mol. The molecule has 1 aliphatic heterocycles. The molecule has 2 nitrogen and oxygen atoms in total. The summed E-state index contributed by atoms with van der Waals surface area (Å²) in [5, 5.41) is 5.66. The predicted octanol–water partition coefficient (Wildman–Crippen LogP) is 2.46. The minimum Gasteiger partial charge on any atom is -0.317 e. The Kier molecular flexibility index (Phi) is 3.27. The number of hydrogen-bond donors (Lipinski definition) is 1. The van der Waals surface area contributed by atoms with Crippen LogP contribution in [0.4, 0.5) is 0 Å². The van der Waals surface area contributed by atoms with E-state index in [-0.39, 0.29) is 0 Å². The maximum absolute atomic E-state index is 3.46. The van der Waals surface area contributed by atoms with Gasteiger partial charge in [0.25, 0.3) is 0 Å². The summed E-state index contributed by atoms with van der Waals surface area (Å²) < 4.78 is 0. The van der Waals surface area contributed by atoms with Gasteiger partial charge in [0, 0.05) is 23.5 Å². The Bertz CT molecular complexity index is 313. The molecule has 2 fully saturated rings. The normalized spacial score (nSPS) is 22.8. The molecule has 1 saturated carbocycles. The number of nitrogens with zero attached hydrogens (tertiary/aromatic N) is 1. The first kappa shape index (κ1) is 10.8. The van der Waals surface area contributed by atoms with Gasteiger partial charge in [-0.15, -0.1) is 11.3 Å². The third-order valence-corrected chi connectivity index (χ3v) is 4.57. The van der Waals surface area contributed by atoms with Crippen molar-refractivity contribution in [1.29, 1.82) is 0 Å². The molecule has 0 spiro atoms. The molecular formula is C13H20N2S. The fourth-order valence-electron chi connectivity index (χ4n) is 2.68. The lowest BCUT2D eigenvalue weighted by Crippen LogP contribution is -2.43. The van der Waals surface area contributed by atoms with Crippen LogP contribution in [0.1, 0.15) is 30.6 Å². The summed E-state index contributed by atoms with van der Waals surface area (Å²) in [7, 11) is 0. The largest absolute Gasteiger partial charge is 0.317 e. The van der Waals surface area contributed by atoms with Gasteiger partial charge in [-0.25, -0.2) is 0 Å². The molecule has 0 atom stereocenters. The molecule has 1 aliphatic carbocycles. The van der Waals surface area contributed by atoms with Crippen molar-refractivity contribution in [3.8, 4) is 0 Å². The monoisotopic (exact) mass is 236 g/mol. The molecule has 0 unspecified atom stereocenters. The first-order valence-electron chi connectivity index (χ1n) is 6.42. The van der Waals surface area contributed by atoms with Gasteiger partial charge in [0.05, 0.1) is 0 Å². The second-order valence-electron chi connectivity index (χ2n) is 4.96. The lowest BCUT2D eigenvalue weighted by Gasteiger charge is -2.34. The number of hydrogen-bond acceptors (Lipinski definition) is 3. The van der Waals surface area contributed by atoms with Gasteiger partial charge >= 0.3 is 0 Å². The Morgan fingerprint density at radius 2 is 1.94 bits per heavy atom. The van der Waals surface area contributed by atoms with E-state index in [9.17, 15) is 0 Å². The van der Waals surface area contributed by atoms with Crippen molar-refractivity contribution in [3.63, 3.8) is 0 Å². The van der Waals surface area contributed by atoms with E-state index in [0.717, 1.165) is 12.1 Å². The van der Waals surface area contributed by atoms with Crippen LogP contribution >= 0.6 is 11.3 Å². The van der Waals surface area contributed by atoms with Crippen molar-refractivity contribution in [2.24, 2.45) is 0 Å².